The highest BCUT2D eigenvalue weighted by Crippen LogP contribution is 2.27. The van der Waals surface area contributed by atoms with Crippen molar-refractivity contribution in [2.75, 3.05) is 6.61 Å². The van der Waals surface area contributed by atoms with E-state index >= 15 is 0 Å². The zero-order valence-corrected chi connectivity index (χ0v) is 15.9. The molecule has 1 aromatic heterocycles. The molecule has 0 fully saturated rings. The van der Waals surface area contributed by atoms with Gasteiger partial charge in [0.2, 0.25) is 0 Å². The molecule has 26 heavy (non-hydrogen) atoms. The van der Waals surface area contributed by atoms with Crippen LogP contribution in [0, 0.1) is 0 Å². The van der Waals surface area contributed by atoms with Gasteiger partial charge in [0.15, 0.2) is 16.8 Å². The lowest BCUT2D eigenvalue weighted by molar-refractivity contribution is 0.0994. The molecule has 0 bridgehead atoms. The van der Waals surface area contributed by atoms with Gasteiger partial charge in [0.05, 0.1) is 11.9 Å². The van der Waals surface area contributed by atoms with Crippen LogP contribution in [0.1, 0.15) is 24.2 Å². The first-order chi connectivity index (χ1) is 12.6. The molecule has 0 radical (unpaired) electrons. The summed E-state index contributed by atoms with van der Waals surface area (Å²) in [6, 6.07) is 17.1. The minimum Gasteiger partial charge on any atom is -0.494 e. The van der Waals surface area contributed by atoms with Crippen LogP contribution in [0.15, 0.2) is 59.8 Å². The van der Waals surface area contributed by atoms with Gasteiger partial charge in [-0.2, -0.15) is 0 Å². The molecule has 0 aliphatic rings. The Morgan fingerprint density at radius 2 is 1.81 bits per heavy atom. The number of carbonyl (C=O) groups excluding carboxylic acids is 1. The molecule has 134 valence electrons. The van der Waals surface area contributed by atoms with E-state index in [0.29, 0.717) is 12.2 Å². The average molecular weight is 367 g/mol. The van der Waals surface area contributed by atoms with Gasteiger partial charge >= 0.3 is 0 Å². The summed E-state index contributed by atoms with van der Waals surface area (Å²) in [5, 5.41) is 8.97. The van der Waals surface area contributed by atoms with Crippen molar-refractivity contribution in [1.82, 2.24) is 14.8 Å². The fraction of sp³-hybridized carbons (Fsp3) is 0.250. The summed E-state index contributed by atoms with van der Waals surface area (Å²) in [7, 11) is 1.92. The van der Waals surface area contributed by atoms with Crippen LogP contribution in [0.25, 0.3) is 11.4 Å². The minimum absolute atomic E-state index is 0.0577. The Labute approximate surface area is 157 Å². The monoisotopic (exact) mass is 367 g/mol. The molecule has 1 heterocycles. The van der Waals surface area contributed by atoms with E-state index in [-0.39, 0.29) is 11.0 Å². The summed E-state index contributed by atoms with van der Waals surface area (Å²) >= 11 is 1.41. The molecular formula is C20H21N3O2S. The Bertz CT molecular complexity index is 876. The highest BCUT2D eigenvalue weighted by molar-refractivity contribution is 8.00. The Balaban J connectivity index is 1.72. The first kappa shape index (κ1) is 18.2. The van der Waals surface area contributed by atoms with E-state index in [1.165, 1.54) is 11.8 Å². The number of ketones is 1. The van der Waals surface area contributed by atoms with E-state index in [4.69, 9.17) is 4.74 Å². The second kappa shape index (κ2) is 8.19. The molecule has 0 amide bonds. The molecule has 1 atom stereocenters. The normalized spacial score (nSPS) is 12.0. The minimum atomic E-state index is -0.264. The summed E-state index contributed by atoms with van der Waals surface area (Å²) < 4.78 is 7.34. The highest BCUT2D eigenvalue weighted by atomic mass is 32.2. The SMILES string of the molecule is CCOc1ccc(C(=O)[C@H](C)Sc2nnc(-c3ccccc3)n2C)cc1. The smallest absolute Gasteiger partial charge is 0.191 e. The summed E-state index contributed by atoms with van der Waals surface area (Å²) in [5.74, 6) is 1.61. The van der Waals surface area contributed by atoms with Crippen LogP contribution in [0.5, 0.6) is 5.75 Å². The molecule has 0 aliphatic heterocycles. The molecule has 0 saturated carbocycles. The second-order valence-electron chi connectivity index (χ2n) is 5.81. The third kappa shape index (κ3) is 3.96. The summed E-state index contributed by atoms with van der Waals surface area (Å²) in [6.07, 6.45) is 0. The molecule has 5 nitrogen and oxygen atoms in total. The number of aromatic nitrogens is 3. The zero-order chi connectivity index (χ0) is 18.5. The number of hydrogen-bond acceptors (Lipinski definition) is 5. The molecule has 2 aromatic carbocycles. The average Bonchev–Trinajstić information content (AvgIpc) is 3.03. The summed E-state index contributed by atoms with van der Waals surface area (Å²) in [5.41, 5.74) is 1.67. The molecule has 0 saturated heterocycles. The molecule has 3 rings (SSSR count). The van der Waals surface area contributed by atoms with Crippen molar-refractivity contribution in [2.24, 2.45) is 7.05 Å². The number of thioether (sulfide) groups is 1. The quantitative estimate of drug-likeness (QED) is 0.462. The van der Waals surface area contributed by atoms with Crippen molar-refractivity contribution in [3.63, 3.8) is 0 Å². The number of nitrogens with zero attached hydrogens (tertiary/aromatic N) is 3. The van der Waals surface area contributed by atoms with E-state index in [1.54, 1.807) is 12.1 Å². The Kier molecular flexibility index (Phi) is 5.73. The van der Waals surface area contributed by atoms with Crippen LogP contribution in [0.3, 0.4) is 0 Å². The number of carbonyl (C=O) groups is 1. The number of hydrogen-bond donors (Lipinski definition) is 0. The first-order valence-corrected chi connectivity index (χ1v) is 9.36. The van der Waals surface area contributed by atoms with Gasteiger partial charge in [0.1, 0.15) is 5.75 Å². The van der Waals surface area contributed by atoms with Crippen LogP contribution in [-0.2, 0) is 7.05 Å². The van der Waals surface area contributed by atoms with E-state index < -0.39 is 0 Å². The molecule has 3 aromatic rings. The first-order valence-electron chi connectivity index (χ1n) is 8.48. The molecule has 6 heteroatoms. The fourth-order valence-electron chi connectivity index (χ4n) is 2.58. The molecule has 0 aliphatic carbocycles. The van der Waals surface area contributed by atoms with Gasteiger partial charge in [-0.3, -0.25) is 4.79 Å². The predicted octanol–water partition coefficient (Wildman–Crippen LogP) is 4.24. The van der Waals surface area contributed by atoms with Crippen LogP contribution in [0.2, 0.25) is 0 Å². The van der Waals surface area contributed by atoms with Crippen LogP contribution >= 0.6 is 11.8 Å². The van der Waals surface area contributed by atoms with Crippen LogP contribution in [-0.4, -0.2) is 32.4 Å². The maximum atomic E-state index is 12.7. The van der Waals surface area contributed by atoms with Crippen molar-refractivity contribution < 1.29 is 9.53 Å². The van der Waals surface area contributed by atoms with E-state index in [2.05, 4.69) is 10.2 Å². The van der Waals surface area contributed by atoms with Crippen LogP contribution in [0.4, 0.5) is 0 Å². The summed E-state index contributed by atoms with van der Waals surface area (Å²) in [4.78, 5) is 12.7. The van der Waals surface area contributed by atoms with Gasteiger partial charge in [-0.05, 0) is 38.1 Å². The Morgan fingerprint density at radius 3 is 2.46 bits per heavy atom. The van der Waals surface area contributed by atoms with Crippen molar-refractivity contribution in [1.29, 1.82) is 0 Å². The lowest BCUT2D eigenvalue weighted by Crippen LogP contribution is -2.14. The van der Waals surface area contributed by atoms with Gasteiger partial charge in [-0.1, -0.05) is 42.1 Å². The summed E-state index contributed by atoms with van der Waals surface area (Å²) in [6.45, 7) is 4.43. The fourth-order valence-corrected chi connectivity index (χ4v) is 3.48. The van der Waals surface area contributed by atoms with Crippen LogP contribution < -0.4 is 4.74 Å². The molecule has 0 N–H and O–H groups in total. The third-order valence-electron chi connectivity index (χ3n) is 3.97. The number of benzene rings is 2. The maximum Gasteiger partial charge on any atom is 0.191 e. The Morgan fingerprint density at radius 1 is 1.12 bits per heavy atom. The van der Waals surface area contributed by atoms with Crippen molar-refractivity contribution in [2.45, 2.75) is 24.3 Å². The molecular weight excluding hydrogens is 346 g/mol. The van der Waals surface area contributed by atoms with E-state index in [1.807, 2.05) is 67.9 Å². The largest absolute Gasteiger partial charge is 0.494 e. The van der Waals surface area contributed by atoms with Gasteiger partial charge in [-0.15, -0.1) is 10.2 Å². The standard InChI is InChI=1S/C20H21N3O2S/c1-4-25-17-12-10-15(11-13-17)18(24)14(2)26-20-22-21-19(23(20)3)16-8-6-5-7-9-16/h5-14H,4H2,1-3H3/t14-/m0/s1. The topological polar surface area (TPSA) is 57.0 Å². The number of Topliss-reactive ketones (excluding diaryl/α,β-unsaturated/α-hetero) is 1. The van der Waals surface area contributed by atoms with Crippen molar-refractivity contribution >= 4 is 17.5 Å². The highest BCUT2D eigenvalue weighted by Gasteiger charge is 2.20. The zero-order valence-electron chi connectivity index (χ0n) is 15.0. The second-order valence-corrected chi connectivity index (χ2v) is 7.12. The number of ether oxygens (including phenoxy) is 1. The Hall–Kier alpha value is -2.60. The number of rotatable bonds is 7. The van der Waals surface area contributed by atoms with Crippen molar-refractivity contribution in [3.8, 4) is 17.1 Å². The van der Waals surface area contributed by atoms with Crippen molar-refractivity contribution in [3.05, 3.63) is 60.2 Å². The van der Waals surface area contributed by atoms with E-state index in [9.17, 15) is 4.79 Å². The third-order valence-corrected chi connectivity index (χ3v) is 5.10. The molecule has 0 spiro atoms. The van der Waals surface area contributed by atoms with E-state index in [0.717, 1.165) is 22.3 Å². The predicted molar refractivity (Wildman–Crippen MR) is 104 cm³/mol. The van der Waals surface area contributed by atoms with Gasteiger partial charge < -0.3 is 9.30 Å². The molecule has 0 unspecified atom stereocenters. The lowest BCUT2D eigenvalue weighted by Gasteiger charge is -2.11. The van der Waals surface area contributed by atoms with Gasteiger partial charge in [-0.25, -0.2) is 0 Å². The van der Waals surface area contributed by atoms with Gasteiger partial charge in [0, 0.05) is 18.2 Å². The lowest BCUT2D eigenvalue weighted by atomic mass is 10.1. The van der Waals surface area contributed by atoms with Gasteiger partial charge in [0.25, 0.3) is 0 Å². The maximum absolute atomic E-state index is 12.7.